The van der Waals surface area contributed by atoms with E-state index in [9.17, 15) is 14.4 Å². The number of anilines is 1. The molecule has 0 spiro atoms. The summed E-state index contributed by atoms with van der Waals surface area (Å²) in [5, 5.41) is 3.18. The largest absolute Gasteiger partial charge is 0.379 e. The van der Waals surface area contributed by atoms with E-state index in [4.69, 9.17) is 15.2 Å². The van der Waals surface area contributed by atoms with Gasteiger partial charge in [0.2, 0.25) is 23.7 Å². The van der Waals surface area contributed by atoms with Gasteiger partial charge < -0.3 is 30.3 Å². The number of carbonyl (C=O) groups is 3. The van der Waals surface area contributed by atoms with Crippen molar-refractivity contribution in [3.8, 4) is 0 Å². The lowest BCUT2D eigenvalue weighted by Crippen LogP contribution is -2.56. The molecule has 11 nitrogen and oxygen atoms in total. The van der Waals surface area contributed by atoms with Gasteiger partial charge in [-0.2, -0.15) is 0 Å². The number of nitrogens with zero attached hydrogens (tertiary/aromatic N) is 4. The van der Waals surface area contributed by atoms with Crippen LogP contribution in [0.1, 0.15) is 60.3 Å². The van der Waals surface area contributed by atoms with Crippen LogP contribution in [0.5, 0.6) is 0 Å². The highest BCUT2D eigenvalue weighted by Crippen LogP contribution is 2.29. The summed E-state index contributed by atoms with van der Waals surface area (Å²) in [6, 6.07) is 0.568. The summed E-state index contributed by atoms with van der Waals surface area (Å²) in [6.45, 7) is 10.4. The van der Waals surface area contributed by atoms with E-state index in [0.717, 1.165) is 19.3 Å². The van der Waals surface area contributed by atoms with Crippen molar-refractivity contribution < 1.29 is 23.9 Å². The molecule has 3 N–H and O–H groups in total. The number of methoxy groups -OCH3 is 2. The number of hydrogen-bond donors (Lipinski definition) is 2. The Morgan fingerprint density at radius 1 is 1.15 bits per heavy atom. The third kappa shape index (κ3) is 8.11. The molecule has 1 aliphatic rings. The highest BCUT2D eigenvalue weighted by molar-refractivity contribution is 5.85. The standard InChI is InChI=1S/C28H48N6O5/c1-9-18(4)24(33(6)27(37)23(17(2)3)32-28-30-13-11-14-31-28)21(38-7)16-22(35)34-15-10-12-20(34)25(39-8)19(5)26(29)36/h11,13-14,17-21,23-25H,9-10,12,15-16H2,1-8H3,(H2,29,36)(H,30,31,32)/t18-,19+,20-,21+,23-,24-,25+/m0/s1. The van der Waals surface area contributed by atoms with Crippen LogP contribution >= 0.6 is 0 Å². The molecule has 1 fully saturated rings. The topological polar surface area (TPSA) is 140 Å². The fourth-order valence-electron chi connectivity index (χ4n) is 5.56. The van der Waals surface area contributed by atoms with Gasteiger partial charge in [-0.3, -0.25) is 14.4 Å². The number of primary amides is 1. The molecule has 220 valence electrons. The molecular weight excluding hydrogens is 500 g/mol. The van der Waals surface area contributed by atoms with Crippen molar-refractivity contribution in [1.82, 2.24) is 19.8 Å². The minimum Gasteiger partial charge on any atom is -0.379 e. The van der Waals surface area contributed by atoms with E-state index in [0.29, 0.717) is 12.5 Å². The third-order valence-corrected chi connectivity index (χ3v) is 8.08. The first-order valence-electron chi connectivity index (χ1n) is 13.9. The van der Waals surface area contributed by atoms with Gasteiger partial charge in [-0.05, 0) is 30.7 Å². The predicted molar refractivity (Wildman–Crippen MR) is 150 cm³/mol. The molecule has 0 saturated carbocycles. The van der Waals surface area contributed by atoms with Crippen LogP contribution in [0.4, 0.5) is 5.95 Å². The zero-order chi connectivity index (χ0) is 29.3. The van der Waals surface area contributed by atoms with Crippen LogP contribution in [0.3, 0.4) is 0 Å². The molecular formula is C28H48N6O5. The fourth-order valence-corrected chi connectivity index (χ4v) is 5.56. The van der Waals surface area contributed by atoms with Crippen molar-refractivity contribution in [1.29, 1.82) is 0 Å². The van der Waals surface area contributed by atoms with Gasteiger partial charge in [0.05, 0.1) is 36.6 Å². The minimum absolute atomic E-state index is 0.0347. The van der Waals surface area contributed by atoms with Crippen LogP contribution in [0.15, 0.2) is 18.5 Å². The van der Waals surface area contributed by atoms with Gasteiger partial charge in [0.15, 0.2) is 0 Å². The Hall–Kier alpha value is -2.79. The lowest BCUT2D eigenvalue weighted by Gasteiger charge is -2.40. The number of likely N-dealkylation sites (N-methyl/N-ethyl adjacent to an activating group) is 1. The van der Waals surface area contributed by atoms with E-state index in [-0.39, 0.29) is 42.2 Å². The molecule has 11 heteroatoms. The number of carbonyl (C=O) groups excluding carboxylic acids is 3. The highest BCUT2D eigenvalue weighted by Gasteiger charge is 2.42. The third-order valence-electron chi connectivity index (χ3n) is 8.08. The Morgan fingerprint density at radius 2 is 1.79 bits per heavy atom. The summed E-state index contributed by atoms with van der Waals surface area (Å²) in [4.78, 5) is 51.3. The second kappa shape index (κ2) is 15.1. The van der Waals surface area contributed by atoms with Crippen molar-refractivity contribution in [2.45, 2.75) is 90.6 Å². The van der Waals surface area contributed by atoms with Crippen molar-refractivity contribution in [3.63, 3.8) is 0 Å². The van der Waals surface area contributed by atoms with E-state index in [1.165, 1.54) is 0 Å². The quantitative estimate of drug-likeness (QED) is 0.340. The van der Waals surface area contributed by atoms with E-state index >= 15 is 0 Å². The maximum atomic E-state index is 13.8. The average molecular weight is 549 g/mol. The van der Waals surface area contributed by atoms with Crippen molar-refractivity contribution in [2.75, 3.05) is 33.1 Å². The Labute approximate surface area is 233 Å². The number of rotatable bonds is 15. The normalized spacial score (nSPS) is 20.1. The first kappa shape index (κ1) is 32.4. The second-order valence-electron chi connectivity index (χ2n) is 10.9. The lowest BCUT2D eigenvalue weighted by molar-refractivity contribution is -0.146. The maximum Gasteiger partial charge on any atom is 0.245 e. The van der Waals surface area contributed by atoms with Crippen LogP contribution in [-0.2, 0) is 23.9 Å². The lowest BCUT2D eigenvalue weighted by atomic mass is 9.89. The Kier molecular flexibility index (Phi) is 12.6. The molecule has 1 aromatic rings. The van der Waals surface area contributed by atoms with Gasteiger partial charge in [-0.15, -0.1) is 0 Å². The number of aromatic nitrogens is 2. The first-order valence-corrected chi connectivity index (χ1v) is 13.9. The van der Waals surface area contributed by atoms with Gasteiger partial charge in [-0.1, -0.05) is 41.0 Å². The Morgan fingerprint density at radius 3 is 2.31 bits per heavy atom. The van der Waals surface area contributed by atoms with Gasteiger partial charge >= 0.3 is 0 Å². The summed E-state index contributed by atoms with van der Waals surface area (Å²) in [6.07, 6.45) is 4.68. The van der Waals surface area contributed by atoms with Gasteiger partial charge in [0, 0.05) is 40.2 Å². The van der Waals surface area contributed by atoms with Crippen molar-refractivity contribution in [3.05, 3.63) is 18.5 Å². The number of likely N-dealkylation sites (tertiary alicyclic amines) is 1. The fraction of sp³-hybridized carbons (Fsp3) is 0.750. The predicted octanol–water partition coefficient (Wildman–Crippen LogP) is 2.32. The molecule has 0 unspecified atom stereocenters. The second-order valence-corrected chi connectivity index (χ2v) is 10.9. The number of nitrogens with two attached hydrogens (primary N) is 1. The smallest absolute Gasteiger partial charge is 0.245 e. The molecule has 1 saturated heterocycles. The Balaban J connectivity index is 2.27. The summed E-state index contributed by atoms with van der Waals surface area (Å²) < 4.78 is 11.6. The molecule has 1 aromatic heterocycles. The molecule has 0 bridgehead atoms. The summed E-state index contributed by atoms with van der Waals surface area (Å²) in [7, 11) is 4.89. The van der Waals surface area contributed by atoms with Gasteiger partial charge in [0.1, 0.15) is 6.04 Å². The van der Waals surface area contributed by atoms with Crippen LogP contribution in [0, 0.1) is 17.8 Å². The van der Waals surface area contributed by atoms with Crippen molar-refractivity contribution in [2.24, 2.45) is 23.5 Å². The van der Waals surface area contributed by atoms with Crippen LogP contribution < -0.4 is 11.1 Å². The zero-order valence-electron chi connectivity index (χ0n) is 24.8. The SMILES string of the molecule is CC[C@H](C)[C@@H]([C@@H](CC(=O)N1CCC[C@H]1[C@H](OC)[C@@H](C)C(N)=O)OC)N(C)C(=O)[C@@H](Nc1ncccn1)C(C)C. The summed E-state index contributed by atoms with van der Waals surface area (Å²) >= 11 is 0. The monoisotopic (exact) mass is 548 g/mol. The summed E-state index contributed by atoms with van der Waals surface area (Å²) in [5.74, 6) is -0.783. The summed E-state index contributed by atoms with van der Waals surface area (Å²) in [5.41, 5.74) is 5.56. The number of ether oxygens (including phenoxy) is 2. The first-order chi connectivity index (χ1) is 18.5. The zero-order valence-corrected chi connectivity index (χ0v) is 24.8. The van der Waals surface area contributed by atoms with Crippen molar-refractivity contribution >= 4 is 23.7 Å². The number of nitrogens with one attached hydrogen (secondary N) is 1. The molecule has 2 rings (SSSR count). The molecule has 39 heavy (non-hydrogen) atoms. The minimum atomic E-state index is -0.558. The molecule has 0 radical (unpaired) electrons. The molecule has 0 aromatic carbocycles. The average Bonchev–Trinajstić information content (AvgIpc) is 3.40. The molecule has 0 aliphatic carbocycles. The number of hydrogen-bond acceptors (Lipinski definition) is 8. The van der Waals surface area contributed by atoms with Crippen LogP contribution in [0.25, 0.3) is 0 Å². The maximum absolute atomic E-state index is 13.8. The van der Waals surface area contributed by atoms with E-state index in [1.807, 2.05) is 13.8 Å². The number of amides is 3. The van der Waals surface area contributed by atoms with Crippen LogP contribution in [0.2, 0.25) is 0 Å². The van der Waals surface area contributed by atoms with Gasteiger partial charge in [-0.25, -0.2) is 9.97 Å². The highest BCUT2D eigenvalue weighted by atomic mass is 16.5. The van der Waals surface area contributed by atoms with Gasteiger partial charge in [0.25, 0.3) is 0 Å². The molecule has 7 atom stereocenters. The van der Waals surface area contributed by atoms with E-state index < -0.39 is 30.1 Å². The molecule has 1 aliphatic heterocycles. The van der Waals surface area contributed by atoms with Crippen LogP contribution in [-0.4, -0.2) is 95.6 Å². The Bertz CT molecular complexity index is 932. The van der Waals surface area contributed by atoms with E-state index in [2.05, 4.69) is 29.1 Å². The van der Waals surface area contributed by atoms with E-state index in [1.54, 1.807) is 56.5 Å². The molecule has 2 heterocycles. The molecule has 3 amide bonds.